The maximum absolute atomic E-state index is 5.07. The number of aromatic nitrogens is 2. The van der Waals surface area contributed by atoms with Gasteiger partial charge in [-0.2, -0.15) is 0 Å². The third-order valence-corrected chi connectivity index (χ3v) is 12.3. The molecule has 0 saturated heterocycles. The highest BCUT2D eigenvalue weighted by molar-refractivity contribution is 7.99. The van der Waals surface area contributed by atoms with E-state index in [0.717, 1.165) is 33.6 Å². The highest BCUT2D eigenvalue weighted by atomic mass is 32.2. The highest BCUT2D eigenvalue weighted by Gasteiger charge is 2.50. The lowest BCUT2D eigenvalue weighted by atomic mass is 9.67. The fraction of sp³-hybridized carbons (Fsp3) is 0.0196. The summed E-state index contributed by atoms with van der Waals surface area (Å²) in [4.78, 5) is 12.7. The summed E-state index contributed by atoms with van der Waals surface area (Å²) in [5.41, 5.74) is 14.9. The minimum atomic E-state index is -0.410. The van der Waals surface area contributed by atoms with Crippen molar-refractivity contribution in [3.63, 3.8) is 0 Å². The number of nitrogens with zero attached hydrogens (tertiary/aromatic N) is 2. The summed E-state index contributed by atoms with van der Waals surface area (Å²) in [7, 11) is 0. The summed E-state index contributed by atoms with van der Waals surface area (Å²) in [6.07, 6.45) is 0. The van der Waals surface area contributed by atoms with Crippen LogP contribution in [0.4, 0.5) is 0 Å². The summed E-state index contributed by atoms with van der Waals surface area (Å²) in [6.45, 7) is 0. The maximum atomic E-state index is 5.07. The third-order valence-electron chi connectivity index (χ3n) is 11.2. The molecule has 2 nitrogen and oxygen atoms in total. The van der Waals surface area contributed by atoms with Gasteiger partial charge in [-0.3, -0.25) is 0 Å². The summed E-state index contributed by atoms with van der Waals surface area (Å²) >= 11 is 1.90. The summed E-state index contributed by atoms with van der Waals surface area (Å²) in [5.74, 6) is 0.715. The minimum absolute atomic E-state index is 0.410. The van der Waals surface area contributed by atoms with Gasteiger partial charge in [0.2, 0.25) is 0 Å². The molecule has 0 N–H and O–H groups in total. The predicted molar refractivity (Wildman–Crippen MR) is 223 cm³/mol. The van der Waals surface area contributed by atoms with Gasteiger partial charge in [-0.1, -0.05) is 182 Å². The van der Waals surface area contributed by atoms with Crippen LogP contribution in [-0.4, -0.2) is 9.97 Å². The zero-order valence-corrected chi connectivity index (χ0v) is 30.1. The Balaban J connectivity index is 1.04. The Kier molecular flexibility index (Phi) is 7.05. The highest BCUT2D eigenvalue weighted by Crippen LogP contribution is 2.62. The number of rotatable bonds is 4. The molecule has 2 heterocycles. The molecular weight excluding hydrogens is 673 g/mol. The third kappa shape index (κ3) is 4.75. The molecule has 3 heteroatoms. The van der Waals surface area contributed by atoms with Crippen molar-refractivity contribution >= 4 is 22.5 Å². The average molecular weight is 705 g/mol. The number of hydrogen-bond acceptors (Lipinski definition) is 3. The molecule has 0 fully saturated rings. The van der Waals surface area contributed by atoms with E-state index in [4.69, 9.17) is 9.97 Å². The van der Waals surface area contributed by atoms with Crippen molar-refractivity contribution in [1.29, 1.82) is 0 Å². The molecule has 0 atom stereocenters. The Morgan fingerprint density at radius 2 is 0.833 bits per heavy atom. The van der Waals surface area contributed by atoms with Crippen LogP contribution in [-0.2, 0) is 5.41 Å². The SMILES string of the molecule is c1ccc(-c2cc(-c3ccccc3)nc(-c3ccc(-c4ccc5c(c4)Sc4cc6ccccc6cc4C54c5ccccc5-c5ccccc54)cc3)n2)cc1. The standard InChI is InChI=1S/C51H32N2S/c1-3-13-34(14-4-1)46-32-47(35-15-5-2-6-16-35)53-50(52-46)36-25-23-33(24-26-36)39-27-28-44-48(31-39)54-49-30-38-18-8-7-17-37(38)29-45(49)51(44)42-21-11-9-19-40(42)41-20-10-12-22-43(41)51/h1-32H. The van der Waals surface area contributed by atoms with Gasteiger partial charge >= 0.3 is 0 Å². The van der Waals surface area contributed by atoms with E-state index in [1.165, 1.54) is 59.5 Å². The number of hydrogen-bond donors (Lipinski definition) is 0. The van der Waals surface area contributed by atoms with Crippen LogP contribution in [0.15, 0.2) is 204 Å². The molecule has 0 amide bonds. The summed E-state index contributed by atoms with van der Waals surface area (Å²) in [5, 5.41) is 2.54. The van der Waals surface area contributed by atoms with E-state index >= 15 is 0 Å². The van der Waals surface area contributed by atoms with Crippen LogP contribution in [0, 0.1) is 0 Å². The Hall–Kier alpha value is -6.55. The largest absolute Gasteiger partial charge is 0.228 e. The first-order valence-electron chi connectivity index (χ1n) is 18.4. The smallest absolute Gasteiger partial charge is 0.160 e. The van der Waals surface area contributed by atoms with Crippen molar-refractivity contribution in [2.45, 2.75) is 15.2 Å². The molecule has 54 heavy (non-hydrogen) atoms. The van der Waals surface area contributed by atoms with Gasteiger partial charge in [-0.15, -0.1) is 0 Å². The molecule has 252 valence electrons. The maximum Gasteiger partial charge on any atom is 0.160 e. The second kappa shape index (κ2) is 12.3. The van der Waals surface area contributed by atoms with Gasteiger partial charge in [-0.05, 0) is 79.5 Å². The van der Waals surface area contributed by atoms with Gasteiger partial charge in [-0.25, -0.2) is 9.97 Å². The van der Waals surface area contributed by atoms with Crippen molar-refractivity contribution in [2.24, 2.45) is 0 Å². The zero-order valence-electron chi connectivity index (χ0n) is 29.3. The molecule has 0 bridgehead atoms. The lowest BCUT2D eigenvalue weighted by molar-refractivity contribution is 0.724. The van der Waals surface area contributed by atoms with Gasteiger partial charge in [0.15, 0.2) is 5.82 Å². The quantitative estimate of drug-likeness (QED) is 0.182. The Labute approximate surface area is 318 Å². The first kappa shape index (κ1) is 31.0. The average Bonchev–Trinajstić information content (AvgIpc) is 3.54. The Bertz CT molecular complexity index is 2790. The lowest BCUT2D eigenvalue weighted by Crippen LogP contribution is -2.32. The lowest BCUT2D eigenvalue weighted by Gasteiger charge is -2.40. The van der Waals surface area contributed by atoms with E-state index in [1.807, 2.05) is 23.9 Å². The van der Waals surface area contributed by atoms with Crippen molar-refractivity contribution in [1.82, 2.24) is 9.97 Å². The van der Waals surface area contributed by atoms with Crippen LogP contribution in [0.3, 0.4) is 0 Å². The number of benzene rings is 8. The van der Waals surface area contributed by atoms with Crippen LogP contribution >= 0.6 is 11.8 Å². The first-order valence-corrected chi connectivity index (χ1v) is 19.2. The fourth-order valence-corrected chi connectivity index (χ4v) is 9.94. The predicted octanol–water partition coefficient (Wildman–Crippen LogP) is 13.1. The van der Waals surface area contributed by atoms with Crippen molar-refractivity contribution < 1.29 is 0 Å². The summed E-state index contributed by atoms with van der Waals surface area (Å²) < 4.78 is 0. The van der Waals surface area contributed by atoms with Crippen molar-refractivity contribution in [3.8, 4) is 56.2 Å². The van der Waals surface area contributed by atoms with Crippen molar-refractivity contribution in [2.75, 3.05) is 0 Å². The van der Waals surface area contributed by atoms with E-state index in [9.17, 15) is 0 Å². The molecule has 8 aromatic carbocycles. The minimum Gasteiger partial charge on any atom is -0.228 e. The molecular formula is C51H32N2S. The zero-order chi connectivity index (χ0) is 35.6. The normalized spacial score (nSPS) is 13.3. The molecule has 1 spiro atoms. The monoisotopic (exact) mass is 704 g/mol. The summed E-state index contributed by atoms with van der Waals surface area (Å²) in [6, 6.07) is 70.3. The molecule has 2 aliphatic rings. The fourth-order valence-electron chi connectivity index (χ4n) is 8.67. The van der Waals surface area contributed by atoms with E-state index in [1.54, 1.807) is 0 Å². The second-order valence-corrected chi connectivity index (χ2v) is 15.2. The Morgan fingerprint density at radius 1 is 0.333 bits per heavy atom. The van der Waals surface area contributed by atoms with Crippen molar-refractivity contribution in [3.05, 3.63) is 216 Å². The topological polar surface area (TPSA) is 25.8 Å². The number of fused-ring (bicyclic) bond motifs is 10. The van der Waals surface area contributed by atoms with E-state index in [2.05, 4.69) is 182 Å². The molecule has 0 unspecified atom stereocenters. The van der Waals surface area contributed by atoms with Crippen LogP contribution < -0.4 is 0 Å². The van der Waals surface area contributed by atoms with E-state index in [0.29, 0.717) is 5.82 Å². The molecule has 1 aliphatic heterocycles. The van der Waals surface area contributed by atoms with Crippen LogP contribution in [0.1, 0.15) is 22.3 Å². The van der Waals surface area contributed by atoms with Gasteiger partial charge < -0.3 is 0 Å². The van der Waals surface area contributed by atoms with E-state index < -0.39 is 5.41 Å². The van der Waals surface area contributed by atoms with Gasteiger partial charge in [0.05, 0.1) is 16.8 Å². The van der Waals surface area contributed by atoms with Crippen LogP contribution in [0.5, 0.6) is 0 Å². The van der Waals surface area contributed by atoms with Gasteiger partial charge in [0.25, 0.3) is 0 Å². The molecule has 1 aliphatic carbocycles. The van der Waals surface area contributed by atoms with Crippen LogP contribution in [0.25, 0.3) is 66.9 Å². The first-order chi connectivity index (χ1) is 26.7. The van der Waals surface area contributed by atoms with E-state index in [-0.39, 0.29) is 0 Å². The molecule has 11 rings (SSSR count). The second-order valence-electron chi connectivity index (χ2n) is 14.1. The van der Waals surface area contributed by atoms with Gasteiger partial charge in [0.1, 0.15) is 0 Å². The molecule has 0 saturated carbocycles. The van der Waals surface area contributed by atoms with Gasteiger partial charge in [0, 0.05) is 26.5 Å². The molecule has 0 radical (unpaired) electrons. The molecule has 1 aromatic heterocycles. The Morgan fingerprint density at radius 3 is 1.46 bits per heavy atom. The van der Waals surface area contributed by atoms with Crippen LogP contribution in [0.2, 0.25) is 0 Å². The molecule has 9 aromatic rings.